The lowest BCUT2D eigenvalue weighted by molar-refractivity contribution is 0.323. The summed E-state index contributed by atoms with van der Waals surface area (Å²) in [5, 5.41) is 9.61. The molecule has 0 aliphatic carbocycles. The highest BCUT2D eigenvalue weighted by Gasteiger charge is 2.24. The van der Waals surface area contributed by atoms with E-state index in [-0.39, 0.29) is 0 Å². The van der Waals surface area contributed by atoms with E-state index in [1.807, 2.05) is 0 Å². The Morgan fingerprint density at radius 1 is 1.10 bits per heavy atom. The van der Waals surface area contributed by atoms with Crippen LogP contribution in [0.25, 0.3) is 10.2 Å². The molecule has 8 heteroatoms. The maximum absolute atomic E-state index is 5.01. The first-order chi connectivity index (χ1) is 14.1. The van der Waals surface area contributed by atoms with Gasteiger partial charge in [0.1, 0.15) is 22.3 Å². The number of thiophene rings is 1. The molecule has 1 N–H and O–H groups in total. The van der Waals surface area contributed by atoms with Gasteiger partial charge in [0.05, 0.1) is 18.5 Å². The van der Waals surface area contributed by atoms with Crippen LogP contribution in [-0.2, 0) is 25.9 Å². The predicted octanol–water partition coefficient (Wildman–Crippen LogP) is 3.48. The van der Waals surface area contributed by atoms with Crippen LogP contribution in [0.15, 0.2) is 0 Å². The van der Waals surface area contributed by atoms with Crippen LogP contribution in [-0.4, -0.2) is 48.8 Å². The summed E-state index contributed by atoms with van der Waals surface area (Å²) in [5.74, 6) is 4.00. The zero-order valence-electron chi connectivity index (χ0n) is 17.5. The number of aryl methyl sites for hydroxylation is 4. The Morgan fingerprint density at radius 3 is 2.72 bits per heavy atom. The molecule has 1 fully saturated rings. The molecular formula is C21H29N7S. The normalized spacial score (nSPS) is 19.8. The zero-order valence-corrected chi connectivity index (χ0v) is 18.3. The summed E-state index contributed by atoms with van der Waals surface area (Å²) in [5.41, 5.74) is 1.30. The van der Waals surface area contributed by atoms with Gasteiger partial charge >= 0.3 is 0 Å². The fourth-order valence-electron chi connectivity index (χ4n) is 4.43. The van der Waals surface area contributed by atoms with Gasteiger partial charge in [0.25, 0.3) is 0 Å². The van der Waals surface area contributed by atoms with Gasteiger partial charge < -0.3 is 5.32 Å². The summed E-state index contributed by atoms with van der Waals surface area (Å²) in [7, 11) is 0. The van der Waals surface area contributed by atoms with E-state index in [9.17, 15) is 0 Å². The van der Waals surface area contributed by atoms with Crippen molar-refractivity contribution < 1.29 is 0 Å². The zero-order chi connectivity index (χ0) is 20.0. The van der Waals surface area contributed by atoms with Gasteiger partial charge in [-0.2, -0.15) is 5.10 Å². The molecule has 5 rings (SSSR count). The lowest BCUT2D eigenvalue weighted by atomic mass is 10.1. The lowest BCUT2D eigenvalue weighted by Gasteiger charge is -2.25. The standard InChI is InChI=1S/C21H29N7S/c1-4-16-23-18-8-7-15(11-28(18)26-16)22-20-19-13(2)14(3)29-21(19)25-17(24-20)12-27-9-5-6-10-27/h15H,4-12H2,1-3H3,(H,22,24,25). The molecule has 0 amide bonds. The van der Waals surface area contributed by atoms with Crippen LogP contribution in [0.5, 0.6) is 0 Å². The number of anilines is 1. The molecule has 3 aromatic rings. The largest absolute Gasteiger partial charge is 0.365 e. The van der Waals surface area contributed by atoms with Gasteiger partial charge in [0, 0.05) is 23.8 Å². The fourth-order valence-corrected chi connectivity index (χ4v) is 5.48. The molecule has 1 atom stereocenters. The average molecular weight is 412 g/mol. The smallest absolute Gasteiger partial charge is 0.150 e. The molecule has 0 aromatic carbocycles. The SMILES string of the molecule is CCc1nc2n(n1)CC(Nc1nc(CN3CCCC3)nc3sc(C)c(C)c13)CC2. The molecule has 29 heavy (non-hydrogen) atoms. The van der Waals surface area contributed by atoms with E-state index in [4.69, 9.17) is 9.97 Å². The second kappa shape index (κ2) is 7.65. The van der Waals surface area contributed by atoms with E-state index >= 15 is 0 Å². The summed E-state index contributed by atoms with van der Waals surface area (Å²) in [6, 6.07) is 0.311. The van der Waals surface area contributed by atoms with E-state index in [0.717, 1.165) is 73.6 Å². The first-order valence-corrected chi connectivity index (χ1v) is 11.6. The van der Waals surface area contributed by atoms with Crippen molar-refractivity contribution in [1.82, 2.24) is 29.6 Å². The molecule has 5 heterocycles. The second-order valence-corrected chi connectivity index (χ2v) is 9.50. The number of aromatic nitrogens is 5. The molecule has 1 saturated heterocycles. The number of hydrogen-bond donors (Lipinski definition) is 1. The van der Waals surface area contributed by atoms with E-state index in [1.54, 1.807) is 11.3 Å². The summed E-state index contributed by atoms with van der Waals surface area (Å²) in [6.45, 7) is 10.5. The molecule has 154 valence electrons. The number of fused-ring (bicyclic) bond motifs is 2. The third-order valence-electron chi connectivity index (χ3n) is 6.20. The van der Waals surface area contributed by atoms with Crippen molar-refractivity contribution in [3.63, 3.8) is 0 Å². The van der Waals surface area contributed by atoms with Gasteiger partial charge in [0.2, 0.25) is 0 Å². The van der Waals surface area contributed by atoms with Crippen molar-refractivity contribution in [2.75, 3.05) is 18.4 Å². The minimum absolute atomic E-state index is 0.311. The highest BCUT2D eigenvalue weighted by atomic mass is 32.1. The maximum atomic E-state index is 5.01. The van der Waals surface area contributed by atoms with E-state index < -0.39 is 0 Å². The number of likely N-dealkylation sites (tertiary alicyclic amines) is 1. The molecule has 0 bridgehead atoms. The van der Waals surface area contributed by atoms with Crippen LogP contribution < -0.4 is 5.32 Å². The Hall–Kier alpha value is -2.06. The van der Waals surface area contributed by atoms with Crippen molar-refractivity contribution >= 4 is 27.4 Å². The minimum atomic E-state index is 0.311. The summed E-state index contributed by atoms with van der Waals surface area (Å²) in [4.78, 5) is 19.5. The topological polar surface area (TPSA) is 71.8 Å². The molecule has 0 radical (unpaired) electrons. The van der Waals surface area contributed by atoms with Crippen LogP contribution in [0, 0.1) is 13.8 Å². The number of nitrogens with one attached hydrogen (secondary N) is 1. The van der Waals surface area contributed by atoms with Crippen molar-refractivity contribution in [2.45, 2.75) is 72.0 Å². The van der Waals surface area contributed by atoms with Crippen molar-refractivity contribution in [3.05, 3.63) is 27.9 Å². The molecule has 2 aliphatic rings. The number of nitrogens with zero attached hydrogens (tertiary/aromatic N) is 6. The average Bonchev–Trinajstić information content (AvgIpc) is 3.41. The minimum Gasteiger partial charge on any atom is -0.365 e. The van der Waals surface area contributed by atoms with Crippen LogP contribution in [0.1, 0.15) is 54.1 Å². The summed E-state index contributed by atoms with van der Waals surface area (Å²) in [6.07, 6.45) is 5.47. The van der Waals surface area contributed by atoms with E-state index in [2.05, 4.69) is 45.8 Å². The van der Waals surface area contributed by atoms with Crippen LogP contribution in [0.2, 0.25) is 0 Å². The van der Waals surface area contributed by atoms with Gasteiger partial charge in [0.15, 0.2) is 5.82 Å². The molecule has 0 spiro atoms. The molecule has 2 aliphatic heterocycles. The fraction of sp³-hybridized carbons (Fsp3) is 0.619. The van der Waals surface area contributed by atoms with Crippen LogP contribution in [0.3, 0.4) is 0 Å². The third-order valence-corrected chi connectivity index (χ3v) is 7.30. The van der Waals surface area contributed by atoms with Gasteiger partial charge in [-0.1, -0.05) is 6.92 Å². The Balaban J connectivity index is 1.44. The number of rotatable bonds is 5. The van der Waals surface area contributed by atoms with Crippen molar-refractivity contribution in [3.8, 4) is 0 Å². The first-order valence-electron chi connectivity index (χ1n) is 10.8. The highest BCUT2D eigenvalue weighted by Crippen LogP contribution is 2.34. The van der Waals surface area contributed by atoms with Gasteiger partial charge in [-0.3, -0.25) is 4.90 Å². The van der Waals surface area contributed by atoms with Crippen LogP contribution in [0.4, 0.5) is 5.82 Å². The van der Waals surface area contributed by atoms with Gasteiger partial charge in [-0.25, -0.2) is 19.6 Å². The van der Waals surface area contributed by atoms with Crippen molar-refractivity contribution in [2.24, 2.45) is 0 Å². The Labute approximate surface area is 175 Å². The van der Waals surface area contributed by atoms with Crippen molar-refractivity contribution in [1.29, 1.82) is 0 Å². The third kappa shape index (κ3) is 3.64. The Kier molecular flexibility index (Phi) is 4.99. The Bertz CT molecular complexity index is 1030. The predicted molar refractivity (Wildman–Crippen MR) is 117 cm³/mol. The summed E-state index contributed by atoms with van der Waals surface area (Å²) < 4.78 is 2.08. The van der Waals surface area contributed by atoms with Gasteiger partial charge in [-0.05, 0) is 51.8 Å². The monoisotopic (exact) mass is 411 g/mol. The lowest BCUT2D eigenvalue weighted by Crippen LogP contribution is -2.32. The maximum Gasteiger partial charge on any atom is 0.150 e. The second-order valence-electron chi connectivity index (χ2n) is 8.29. The number of hydrogen-bond acceptors (Lipinski definition) is 7. The van der Waals surface area contributed by atoms with Gasteiger partial charge in [-0.15, -0.1) is 11.3 Å². The molecule has 0 saturated carbocycles. The molecule has 7 nitrogen and oxygen atoms in total. The highest BCUT2D eigenvalue weighted by molar-refractivity contribution is 7.18. The Morgan fingerprint density at radius 2 is 1.93 bits per heavy atom. The quantitative estimate of drug-likeness (QED) is 0.693. The van der Waals surface area contributed by atoms with E-state index in [0.29, 0.717) is 6.04 Å². The first kappa shape index (κ1) is 18.9. The summed E-state index contributed by atoms with van der Waals surface area (Å²) >= 11 is 1.78. The molecular weight excluding hydrogens is 382 g/mol. The van der Waals surface area contributed by atoms with E-state index in [1.165, 1.54) is 28.7 Å². The molecule has 1 unspecified atom stereocenters. The molecule has 3 aromatic heterocycles. The van der Waals surface area contributed by atoms with Crippen LogP contribution >= 0.6 is 11.3 Å².